The van der Waals surface area contributed by atoms with Gasteiger partial charge in [0.2, 0.25) is 0 Å². The lowest BCUT2D eigenvalue weighted by Gasteiger charge is -2.12. The highest BCUT2D eigenvalue weighted by molar-refractivity contribution is 9.10. The van der Waals surface area contributed by atoms with E-state index >= 15 is 0 Å². The van der Waals surface area contributed by atoms with E-state index in [1.807, 2.05) is 11.3 Å². The van der Waals surface area contributed by atoms with E-state index in [0.717, 1.165) is 5.92 Å². The van der Waals surface area contributed by atoms with Crippen LogP contribution in [0.4, 0.5) is 0 Å². The maximum atomic E-state index is 3.51. The molecule has 0 spiro atoms. The van der Waals surface area contributed by atoms with Crippen molar-refractivity contribution in [1.29, 1.82) is 0 Å². The molecule has 1 aromatic heterocycles. The Morgan fingerprint density at radius 2 is 2.21 bits per heavy atom. The maximum Gasteiger partial charge on any atom is 0.0285 e. The molecule has 0 nitrogen and oxygen atoms in total. The van der Waals surface area contributed by atoms with E-state index in [9.17, 15) is 0 Å². The summed E-state index contributed by atoms with van der Waals surface area (Å²) in [6.45, 7) is 4.58. The highest BCUT2D eigenvalue weighted by Crippen LogP contribution is 2.25. The molecular formula is C12H19BrS. The summed E-state index contributed by atoms with van der Waals surface area (Å²) in [5, 5.41) is 2.18. The minimum Gasteiger partial charge on any atom is -0.148 e. The molecule has 0 saturated heterocycles. The number of thiophene rings is 1. The van der Waals surface area contributed by atoms with E-state index in [1.54, 1.807) is 0 Å². The second-order valence-electron chi connectivity index (χ2n) is 3.85. The van der Waals surface area contributed by atoms with Gasteiger partial charge in [-0.05, 0) is 34.3 Å². The van der Waals surface area contributed by atoms with Gasteiger partial charge in [0.15, 0.2) is 0 Å². The van der Waals surface area contributed by atoms with E-state index < -0.39 is 0 Å². The van der Waals surface area contributed by atoms with Gasteiger partial charge in [0.1, 0.15) is 0 Å². The second kappa shape index (κ2) is 6.62. The van der Waals surface area contributed by atoms with Gasteiger partial charge >= 0.3 is 0 Å². The SMILES string of the molecule is CCCCC(CC)Cc1cc(Br)cs1. The highest BCUT2D eigenvalue weighted by atomic mass is 79.9. The van der Waals surface area contributed by atoms with Crippen LogP contribution in [0.15, 0.2) is 15.9 Å². The molecule has 0 bridgehead atoms. The van der Waals surface area contributed by atoms with Crippen LogP contribution in [-0.2, 0) is 6.42 Å². The van der Waals surface area contributed by atoms with Crippen LogP contribution in [0.3, 0.4) is 0 Å². The number of rotatable bonds is 6. The molecule has 14 heavy (non-hydrogen) atoms. The van der Waals surface area contributed by atoms with Gasteiger partial charge in [-0.1, -0.05) is 39.5 Å². The van der Waals surface area contributed by atoms with Crippen LogP contribution in [0.2, 0.25) is 0 Å². The van der Waals surface area contributed by atoms with Crippen molar-refractivity contribution >= 4 is 27.3 Å². The first-order chi connectivity index (χ1) is 6.76. The van der Waals surface area contributed by atoms with E-state index in [4.69, 9.17) is 0 Å². The van der Waals surface area contributed by atoms with Crippen molar-refractivity contribution in [2.45, 2.75) is 46.0 Å². The van der Waals surface area contributed by atoms with Crippen LogP contribution < -0.4 is 0 Å². The average molecular weight is 275 g/mol. The molecule has 1 atom stereocenters. The summed E-state index contributed by atoms with van der Waals surface area (Å²) in [6.07, 6.45) is 6.68. The largest absolute Gasteiger partial charge is 0.148 e. The highest BCUT2D eigenvalue weighted by Gasteiger charge is 2.08. The minimum atomic E-state index is 0.889. The topological polar surface area (TPSA) is 0 Å². The van der Waals surface area contributed by atoms with Crippen molar-refractivity contribution in [1.82, 2.24) is 0 Å². The average Bonchev–Trinajstić information content (AvgIpc) is 2.58. The zero-order valence-electron chi connectivity index (χ0n) is 9.05. The first-order valence-electron chi connectivity index (χ1n) is 5.49. The molecule has 0 radical (unpaired) electrons. The standard InChI is InChI=1S/C12H19BrS/c1-3-5-6-10(4-2)7-12-8-11(13)9-14-12/h8-10H,3-7H2,1-2H3. The van der Waals surface area contributed by atoms with E-state index in [1.165, 1.54) is 41.5 Å². The maximum absolute atomic E-state index is 3.51. The third-order valence-electron chi connectivity index (χ3n) is 2.65. The number of hydrogen-bond donors (Lipinski definition) is 0. The van der Waals surface area contributed by atoms with Crippen molar-refractivity contribution < 1.29 is 0 Å². The fraction of sp³-hybridized carbons (Fsp3) is 0.667. The van der Waals surface area contributed by atoms with Crippen LogP contribution in [0.25, 0.3) is 0 Å². The Hall–Kier alpha value is 0.180. The van der Waals surface area contributed by atoms with E-state index in [2.05, 4.69) is 41.2 Å². The lowest BCUT2D eigenvalue weighted by Crippen LogP contribution is -2.01. The molecule has 0 aliphatic heterocycles. The summed E-state index contributed by atoms with van der Waals surface area (Å²) < 4.78 is 1.24. The van der Waals surface area contributed by atoms with Crippen LogP contribution in [-0.4, -0.2) is 0 Å². The lowest BCUT2D eigenvalue weighted by atomic mass is 9.95. The molecule has 0 N–H and O–H groups in total. The predicted octanol–water partition coefficient (Wildman–Crippen LogP) is 5.27. The Balaban J connectivity index is 2.40. The predicted molar refractivity (Wildman–Crippen MR) is 69.0 cm³/mol. The molecule has 1 aromatic rings. The molecule has 0 aromatic carbocycles. The summed E-state index contributed by atoms with van der Waals surface area (Å²) in [4.78, 5) is 1.53. The minimum absolute atomic E-state index is 0.889. The van der Waals surface area contributed by atoms with Crippen LogP contribution in [0, 0.1) is 5.92 Å². The second-order valence-corrected chi connectivity index (χ2v) is 5.76. The molecule has 0 saturated carbocycles. The zero-order chi connectivity index (χ0) is 10.4. The Bertz CT molecular complexity index is 255. The quantitative estimate of drug-likeness (QED) is 0.663. The normalized spacial score (nSPS) is 13.1. The molecule has 1 rings (SSSR count). The fourth-order valence-corrected chi connectivity index (χ4v) is 3.26. The van der Waals surface area contributed by atoms with E-state index in [-0.39, 0.29) is 0 Å². The number of unbranched alkanes of at least 4 members (excludes halogenated alkanes) is 1. The van der Waals surface area contributed by atoms with Crippen molar-refractivity contribution in [3.05, 3.63) is 20.8 Å². The van der Waals surface area contributed by atoms with Gasteiger partial charge in [-0.3, -0.25) is 0 Å². The number of halogens is 1. The van der Waals surface area contributed by atoms with Crippen LogP contribution in [0.5, 0.6) is 0 Å². The van der Waals surface area contributed by atoms with Crippen LogP contribution >= 0.6 is 27.3 Å². The third-order valence-corrected chi connectivity index (χ3v) is 4.37. The Kier molecular flexibility index (Phi) is 5.80. The van der Waals surface area contributed by atoms with Gasteiger partial charge in [-0.25, -0.2) is 0 Å². The third kappa shape index (κ3) is 4.14. The lowest BCUT2D eigenvalue weighted by molar-refractivity contribution is 0.452. The van der Waals surface area contributed by atoms with Crippen LogP contribution in [0.1, 0.15) is 44.4 Å². The molecule has 1 heterocycles. The van der Waals surface area contributed by atoms with Gasteiger partial charge in [-0.15, -0.1) is 11.3 Å². The zero-order valence-corrected chi connectivity index (χ0v) is 11.5. The van der Waals surface area contributed by atoms with Crippen molar-refractivity contribution in [3.8, 4) is 0 Å². The molecule has 0 fully saturated rings. The number of hydrogen-bond acceptors (Lipinski definition) is 1. The Morgan fingerprint density at radius 3 is 2.71 bits per heavy atom. The molecule has 0 amide bonds. The fourth-order valence-electron chi connectivity index (χ4n) is 1.69. The van der Waals surface area contributed by atoms with Gasteiger partial charge in [0, 0.05) is 14.7 Å². The first-order valence-corrected chi connectivity index (χ1v) is 7.16. The Labute approximate surface area is 99.9 Å². The molecule has 1 unspecified atom stereocenters. The van der Waals surface area contributed by atoms with Gasteiger partial charge in [0.05, 0.1) is 0 Å². The summed E-state index contributed by atoms with van der Waals surface area (Å²) in [7, 11) is 0. The molecule has 0 aliphatic carbocycles. The first kappa shape index (κ1) is 12.3. The van der Waals surface area contributed by atoms with Gasteiger partial charge < -0.3 is 0 Å². The van der Waals surface area contributed by atoms with Crippen molar-refractivity contribution in [2.24, 2.45) is 5.92 Å². The Morgan fingerprint density at radius 1 is 1.43 bits per heavy atom. The summed E-state index contributed by atoms with van der Waals surface area (Å²) in [5.74, 6) is 0.889. The molecular weight excluding hydrogens is 256 g/mol. The molecule has 2 heteroatoms. The van der Waals surface area contributed by atoms with Gasteiger partial charge in [0.25, 0.3) is 0 Å². The van der Waals surface area contributed by atoms with Gasteiger partial charge in [-0.2, -0.15) is 0 Å². The summed E-state index contributed by atoms with van der Waals surface area (Å²) >= 11 is 5.39. The molecule has 0 aliphatic rings. The summed E-state index contributed by atoms with van der Waals surface area (Å²) in [5.41, 5.74) is 0. The van der Waals surface area contributed by atoms with Crippen molar-refractivity contribution in [2.75, 3.05) is 0 Å². The van der Waals surface area contributed by atoms with E-state index in [0.29, 0.717) is 0 Å². The smallest absolute Gasteiger partial charge is 0.0285 e. The van der Waals surface area contributed by atoms with Crippen molar-refractivity contribution in [3.63, 3.8) is 0 Å². The monoisotopic (exact) mass is 274 g/mol. The summed E-state index contributed by atoms with van der Waals surface area (Å²) in [6, 6.07) is 2.26. The molecule has 80 valence electrons.